The Hall–Kier alpha value is -3.28. The molecule has 6 heteroatoms. The molecule has 3 rings (SSSR count). The number of hydrogen-bond acceptors (Lipinski definition) is 5. The van der Waals surface area contributed by atoms with Gasteiger partial charge in [-0.05, 0) is 6.42 Å². The molecule has 1 amide bonds. The van der Waals surface area contributed by atoms with Gasteiger partial charge in [-0.1, -0.05) is 37.3 Å². The highest BCUT2D eigenvalue weighted by Gasteiger charge is 2.11. The van der Waals surface area contributed by atoms with Gasteiger partial charge in [-0.2, -0.15) is 0 Å². The van der Waals surface area contributed by atoms with Crippen molar-refractivity contribution in [1.29, 1.82) is 0 Å². The summed E-state index contributed by atoms with van der Waals surface area (Å²) >= 11 is 0. The lowest BCUT2D eigenvalue weighted by molar-refractivity contribution is -0.118. The van der Waals surface area contributed by atoms with E-state index in [4.69, 9.17) is 10.2 Å². The van der Waals surface area contributed by atoms with Crippen LogP contribution in [0.15, 0.2) is 57.7 Å². The van der Waals surface area contributed by atoms with Crippen LogP contribution in [0.3, 0.4) is 0 Å². The van der Waals surface area contributed by atoms with E-state index < -0.39 is 0 Å². The van der Waals surface area contributed by atoms with Gasteiger partial charge < -0.3 is 20.4 Å². The molecule has 25 heavy (non-hydrogen) atoms. The summed E-state index contributed by atoms with van der Waals surface area (Å²) in [6.45, 7) is 1.92. The number of amides is 1. The van der Waals surface area contributed by atoms with Gasteiger partial charge in [0, 0.05) is 30.2 Å². The third-order valence-corrected chi connectivity index (χ3v) is 3.35. The second-order valence-corrected chi connectivity index (χ2v) is 5.40. The molecule has 6 nitrogen and oxygen atoms in total. The summed E-state index contributed by atoms with van der Waals surface area (Å²) in [7, 11) is 0. The highest BCUT2D eigenvalue weighted by molar-refractivity contribution is 5.85. The Morgan fingerprint density at radius 1 is 1.12 bits per heavy atom. The number of hydrogen-bond donors (Lipinski definition) is 3. The number of carbonyl (C=O) groups is 1. The van der Waals surface area contributed by atoms with Crippen LogP contribution in [0.25, 0.3) is 22.3 Å². The Balaban J connectivity index is 0.000000326. The molecule has 2 aromatic carbocycles. The number of rotatable bonds is 3. The first-order chi connectivity index (χ1) is 11.9. The predicted octanol–water partition coefficient (Wildman–Crippen LogP) is 3.14. The van der Waals surface area contributed by atoms with Crippen molar-refractivity contribution < 1.29 is 19.4 Å². The van der Waals surface area contributed by atoms with Crippen LogP contribution < -0.4 is 11.2 Å². The minimum Gasteiger partial charge on any atom is -0.508 e. The molecule has 0 spiro atoms. The molecule has 0 atom stereocenters. The maximum Gasteiger partial charge on any atom is 0.217 e. The third kappa shape index (κ3) is 4.60. The standard InChI is InChI=1S/C15H10O4.C4H9NO/c16-10-6-11(17)15-12(18)8-13(19-14(15)7-10)9-4-2-1-3-5-9;1-2-3-4(5)6/h1-8,16-17H;2-3H2,1H3,(H2,5,6). The fourth-order valence-corrected chi connectivity index (χ4v) is 2.25. The largest absolute Gasteiger partial charge is 0.508 e. The van der Waals surface area contributed by atoms with Gasteiger partial charge in [0.05, 0.1) is 0 Å². The van der Waals surface area contributed by atoms with Crippen molar-refractivity contribution in [3.63, 3.8) is 0 Å². The summed E-state index contributed by atoms with van der Waals surface area (Å²) in [4.78, 5) is 21.8. The lowest BCUT2D eigenvalue weighted by atomic mass is 10.1. The summed E-state index contributed by atoms with van der Waals surface area (Å²) in [5, 5.41) is 19.2. The zero-order valence-corrected chi connectivity index (χ0v) is 13.7. The molecule has 1 heterocycles. The number of primary amides is 1. The van der Waals surface area contributed by atoms with Gasteiger partial charge >= 0.3 is 0 Å². The molecule has 3 aromatic rings. The Bertz CT molecular complexity index is 932. The van der Waals surface area contributed by atoms with E-state index in [1.807, 2.05) is 37.3 Å². The number of fused-ring (bicyclic) bond motifs is 1. The zero-order valence-electron chi connectivity index (χ0n) is 13.7. The lowest BCUT2D eigenvalue weighted by Gasteiger charge is -2.04. The SMILES string of the molecule is CCCC(N)=O.O=c1cc(-c2ccccc2)oc2cc(O)cc(O)c12. The van der Waals surface area contributed by atoms with Crippen LogP contribution in [0, 0.1) is 0 Å². The smallest absolute Gasteiger partial charge is 0.217 e. The van der Waals surface area contributed by atoms with Gasteiger partial charge in [0.15, 0.2) is 5.43 Å². The molecule has 1 aromatic heterocycles. The van der Waals surface area contributed by atoms with Gasteiger partial charge in [-0.25, -0.2) is 0 Å². The van der Waals surface area contributed by atoms with E-state index in [1.54, 1.807) is 0 Å². The van der Waals surface area contributed by atoms with E-state index >= 15 is 0 Å². The molecule has 0 unspecified atom stereocenters. The van der Waals surface area contributed by atoms with Crippen LogP contribution in [0.2, 0.25) is 0 Å². The van der Waals surface area contributed by atoms with Crippen molar-refractivity contribution >= 4 is 16.9 Å². The number of carbonyl (C=O) groups excluding carboxylic acids is 1. The van der Waals surface area contributed by atoms with Crippen LogP contribution >= 0.6 is 0 Å². The first-order valence-electron chi connectivity index (χ1n) is 7.76. The number of aromatic hydroxyl groups is 2. The number of nitrogens with two attached hydrogens (primary N) is 1. The Morgan fingerprint density at radius 3 is 2.36 bits per heavy atom. The van der Waals surface area contributed by atoms with Crippen molar-refractivity contribution in [2.45, 2.75) is 19.8 Å². The van der Waals surface area contributed by atoms with Gasteiger partial charge in [-0.15, -0.1) is 0 Å². The van der Waals surface area contributed by atoms with E-state index in [1.165, 1.54) is 12.1 Å². The molecule has 0 fully saturated rings. The quantitative estimate of drug-likeness (QED) is 0.677. The molecule has 130 valence electrons. The molecular formula is C19H19NO5. The Kier molecular flexibility index (Phi) is 5.79. The fourth-order valence-electron chi connectivity index (χ4n) is 2.25. The van der Waals surface area contributed by atoms with Crippen LogP contribution in [0.4, 0.5) is 0 Å². The van der Waals surface area contributed by atoms with Crippen molar-refractivity contribution in [2.75, 3.05) is 0 Å². The van der Waals surface area contributed by atoms with E-state index in [0.29, 0.717) is 12.2 Å². The first-order valence-corrected chi connectivity index (χ1v) is 7.76. The van der Waals surface area contributed by atoms with E-state index in [0.717, 1.165) is 18.1 Å². The van der Waals surface area contributed by atoms with Gasteiger partial charge in [-0.3, -0.25) is 9.59 Å². The molecule has 0 radical (unpaired) electrons. The van der Waals surface area contributed by atoms with Gasteiger partial charge in [0.1, 0.15) is 28.2 Å². The molecular weight excluding hydrogens is 322 g/mol. The van der Waals surface area contributed by atoms with E-state index in [9.17, 15) is 19.8 Å². The summed E-state index contributed by atoms with van der Waals surface area (Å²) in [6, 6.07) is 12.9. The second-order valence-electron chi connectivity index (χ2n) is 5.40. The van der Waals surface area contributed by atoms with Crippen molar-refractivity contribution in [3.05, 3.63) is 58.8 Å². The summed E-state index contributed by atoms with van der Waals surface area (Å²) in [6.07, 6.45) is 1.37. The highest BCUT2D eigenvalue weighted by Crippen LogP contribution is 2.30. The summed E-state index contributed by atoms with van der Waals surface area (Å²) in [5.41, 5.74) is 5.32. The van der Waals surface area contributed by atoms with Gasteiger partial charge in [0.25, 0.3) is 0 Å². The molecule has 0 saturated heterocycles. The van der Waals surface area contributed by atoms with Crippen molar-refractivity contribution in [1.82, 2.24) is 0 Å². The second kappa shape index (κ2) is 8.01. The first kappa shape index (κ1) is 18.1. The monoisotopic (exact) mass is 341 g/mol. The summed E-state index contributed by atoms with van der Waals surface area (Å²) in [5.74, 6) is -0.262. The average Bonchev–Trinajstić information content (AvgIpc) is 2.55. The lowest BCUT2D eigenvalue weighted by Crippen LogP contribution is -2.08. The van der Waals surface area contributed by atoms with Crippen LogP contribution in [0.1, 0.15) is 19.8 Å². The molecule has 0 aliphatic rings. The van der Waals surface area contributed by atoms with Crippen LogP contribution in [-0.4, -0.2) is 16.1 Å². The number of benzene rings is 2. The molecule has 0 aliphatic carbocycles. The predicted molar refractivity (Wildman–Crippen MR) is 95.4 cm³/mol. The fraction of sp³-hybridized carbons (Fsp3) is 0.158. The maximum absolute atomic E-state index is 12.0. The molecule has 0 aliphatic heterocycles. The average molecular weight is 341 g/mol. The van der Waals surface area contributed by atoms with Crippen LogP contribution in [-0.2, 0) is 4.79 Å². The Morgan fingerprint density at radius 2 is 1.80 bits per heavy atom. The maximum atomic E-state index is 12.0. The number of phenolic OH excluding ortho intramolecular Hbond substituents is 2. The highest BCUT2D eigenvalue weighted by atomic mass is 16.3. The van der Waals surface area contributed by atoms with E-state index in [-0.39, 0.29) is 33.8 Å². The molecule has 4 N–H and O–H groups in total. The molecule has 0 bridgehead atoms. The molecule has 0 saturated carbocycles. The zero-order chi connectivity index (χ0) is 18.4. The minimum atomic E-state index is -0.349. The topological polar surface area (TPSA) is 114 Å². The van der Waals surface area contributed by atoms with Crippen LogP contribution in [0.5, 0.6) is 11.5 Å². The van der Waals surface area contributed by atoms with Crippen molar-refractivity contribution in [3.8, 4) is 22.8 Å². The normalized spacial score (nSPS) is 10.1. The number of phenols is 2. The third-order valence-electron chi connectivity index (χ3n) is 3.35. The van der Waals surface area contributed by atoms with E-state index in [2.05, 4.69) is 0 Å². The van der Waals surface area contributed by atoms with Gasteiger partial charge in [0.2, 0.25) is 5.91 Å². The minimum absolute atomic E-state index is 0.0671. The van der Waals surface area contributed by atoms with Crippen molar-refractivity contribution in [2.24, 2.45) is 5.73 Å². The summed E-state index contributed by atoms with van der Waals surface area (Å²) < 4.78 is 5.57. The Labute approximate surface area is 144 Å².